The van der Waals surface area contributed by atoms with Crippen molar-refractivity contribution in [2.45, 2.75) is 19.1 Å². The van der Waals surface area contributed by atoms with Gasteiger partial charge in [0, 0.05) is 23.1 Å². The summed E-state index contributed by atoms with van der Waals surface area (Å²) in [6.07, 6.45) is -0.280. The minimum atomic E-state index is -1.45. The molecule has 0 amide bonds. The minimum Gasteiger partial charge on any atom is -0.481 e. The molecule has 0 fully saturated rings. The number of hydrogen-bond acceptors (Lipinski definition) is 3. The maximum atomic E-state index is 14.7. The minimum absolute atomic E-state index is 0.154. The van der Waals surface area contributed by atoms with Crippen molar-refractivity contribution in [3.63, 3.8) is 0 Å². The smallest absolute Gasteiger partial charge is 0.307 e. The summed E-state index contributed by atoms with van der Waals surface area (Å²) in [6, 6.07) is 13.4. The fourth-order valence-corrected chi connectivity index (χ4v) is 3.53. The number of para-hydroxylation sites is 1. The fraction of sp³-hybridized carbons (Fsp3) is 0.136. The van der Waals surface area contributed by atoms with Crippen LogP contribution in [0, 0.1) is 11.6 Å². The first-order chi connectivity index (χ1) is 13.8. The highest BCUT2D eigenvalue weighted by atomic mass is 35.5. The Kier molecular flexibility index (Phi) is 4.67. The first-order valence-corrected chi connectivity index (χ1v) is 9.12. The Morgan fingerprint density at radius 1 is 1.03 bits per heavy atom. The van der Waals surface area contributed by atoms with Crippen LogP contribution in [0.15, 0.2) is 54.6 Å². The van der Waals surface area contributed by atoms with Crippen LogP contribution in [0.5, 0.6) is 11.5 Å². The van der Waals surface area contributed by atoms with Gasteiger partial charge in [0.1, 0.15) is 11.6 Å². The molecule has 1 aliphatic heterocycles. The van der Waals surface area contributed by atoms with Crippen molar-refractivity contribution >= 4 is 17.6 Å². The van der Waals surface area contributed by atoms with Crippen molar-refractivity contribution in [2.24, 2.45) is 0 Å². The molecule has 1 aliphatic rings. The molecule has 1 N–H and O–H groups in total. The van der Waals surface area contributed by atoms with E-state index in [0.29, 0.717) is 16.9 Å². The predicted molar refractivity (Wildman–Crippen MR) is 103 cm³/mol. The molecule has 3 aromatic rings. The molecule has 0 aromatic heterocycles. The third kappa shape index (κ3) is 3.51. The Morgan fingerprint density at radius 3 is 2.52 bits per heavy atom. The highest BCUT2D eigenvalue weighted by Gasteiger charge is 2.42. The van der Waals surface area contributed by atoms with Crippen molar-refractivity contribution in [3.8, 4) is 22.6 Å². The second kappa shape index (κ2) is 7.04. The maximum Gasteiger partial charge on any atom is 0.307 e. The lowest BCUT2D eigenvalue weighted by atomic mass is 10.0. The topological polar surface area (TPSA) is 55.8 Å². The van der Waals surface area contributed by atoms with Crippen LogP contribution in [-0.2, 0) is 17.0 Å². The lowest BCUT2D eigenvalue weighted by Crippen LogP contribution is -2.32. The number of halogens is 3. The molecule has 0 spiro atoms. The van der Waals surface area contributed by atoms with E-state index in [1.807, 2.05) is 0 Å². The van der Waals surface area contributed by atoms with E-state index in [4.69, 9.17) is 26.2 Å². The van der Waals surface area contributed by atoms with E-state index >= 15 is 0 Å². The van der Waals surface area contributed by atoms with Crippen LogP contribution < -0.4 is 9.47 Å². The van der Waals surface area contributed by atoms with E-state index in [-0.39, 0.29) is 28.3 Å². The van der Waals surface area contributed by atoms with E-state index < -0.39 is 23.4 Å². The molecule has 0 bridgehead atoms. The van der Waals surface area contributed by atoms with Gasteiger partial charge < -0.3 is 14.6 Å². The number of aliphatic carboxylic acids is 1. The highest BCUT2D eigenvalue weighted by molar-refractivity contribution is 6.30. The molecule has 0 saturated heterocycles. The third-order valence-corrected chi connectivity index (χ3v) is 4.91. The van der Waals surface area contributed by atoms with Gasteiger partial charge in [-0.3, -0.25) is 4.79 Å². The van der Waals surface area contributed by atoms with Crippen LogP contribution in [0.25, 0.3) is 11.1 Å². The van der Waals surface area contributed by atoms with Crippen molar-refractivity contribution in [1.82, 2.24) is 0 Å². The Labute approximate surface area is 170 Å². The van der Waals surface area contributed by atoms with Gasteiger partial charge in [0.05, 0.1) is 12.0 Å². The number of hydrogen-bond donors (Lipinski definition) is 1. The molecule has 0 saturated carbocycles. The van der Waals surface area contributed by atoms with E-state index in [2.05, 4.69) is 0 Å². The first kappa shape index (κ1) is 19.2. The number of ether oxygens (including phenoxy) is 2. The largest absolute Gasteiger partial charge is 0.481 e. The Morgan fingerprint density at radius 2 is 1.83 bits per heavy atom. The monoisotopic (exact) mass is 416 g/mol. The summed E-state index contributed by atoms with van der Waals surface area (Å²) in [4.78, 5) is 10.8. The van der Waals surface area contributed by atoms with E-state index in [1.54, 1.807) is 31.2 Å². The standard InChI is InChI=1S/C22H15ClF2O4/c1-22(16-8-6-13(23)11-18(16)25)28-19-4-2-3-15(21(19)29-22)14-7-5-12(9-17(14)24)10-20(26)27/h2-9,11H,10H2,1H3,(H,26,27). The van der Waals surface area contributed by atoms with Gasteiger partial charge in [-0.15, -0.1) is 0 Å². The zero-order chi connectivity index (χ0) is 20.8. The van der Waals surface area contributed by atoms with Crippen molar-refractivity contribution in [2.75, 3.05) is 0 Å². The van der Waals surface area contributed by atoms with E-state index in [0.717, 1.165) is 0 Å². The molecular formula is C22H15ClF2O4. The van der Waals surface area contributed by atoms with Gasteiger partial charge in [0.25, 0.3) is 5.79 Å². The summed E-state index contributed by atoms with van der Waals surface area (Å²) in [5.41, 5.74) is 1.14. The molecule has 148 valence electrons. The lowest BCUT2D eigenvalue weighted by molar-refractivity contribution is -0.136. The lowest BCUT2D eigenvalue weighted by Gasteiger charge is -2.24. The quantitative estimate of drug-likeness (QED) is 0.605. The molecular weight excluding hydrogens is 402 g/mol. The van der Waals surface area contributed by atoms with Gasteiger partial charge in [-0.25, -0.2) is 8.78 Å². The maximum absolute atomic E-state index is 14.7. The highest BCUT2D eigenvalue weighted by Crippen LogP contribution is 2.50. The predicted octanol–water partition coefficient (Wildman–Crippen LogP) is 5.56. The molecule has 0 aliphatic carbocycles. The van der Waals surface area contributed by atoms with Crippen LogP contribution in [0.4, 0.5) is 8.78 Å². The van der Waals surface area contributed by atoms with Gasteiger partial charge in [0.15, 0.2) is 11.5 Å². The molecule has 7 heteroatoms. The van der Waals surface area contributed by atoms with Crippen molar-refractivity contribution in [1.29, 1.82) is 0 Å². The molecule has 29 heavy (non-hydrogen) atoms. The van der Waals surface area contributed by atoms with Crippen molar-refractivity contribution < 1.29 is 28.2 Å². The number of carboxylic acid groups (broad SMARTS) is 1. The van der Waals surface area contributed by atoms with Gasteiger partial charge in [-0.2, -0.15) is 0 Å². The van der Waals surface area contributed by atoms with E-state index in [9.17, 15) is 13.6 Å². The third-order valence-electron chi connectivity index (χ3n) is 4.68. The number of fused-ring (bicyclic) bond motifs is 1. The van der Waals surface area contributed by atoms with Crippen LogP contribution in [-0.4, -0.2) is 11.1 Å². The average molecular weight is 417 g/mol. The molecule has 0 radical (unpaired) electrons. The van der Waals surface area contributed by atoms with Crippen LogP contribution in [0.3, 0.4) is 0 Å². The van der Waals surface area contributed by atoms with Crippen LogP contribution >= 0.6 is 11.6 Å². The van der Waals surface area contributed by atoms with E-state index in [1.165, 1.54) is 30.3 Å². The van der Waals surface area contributed by atoms with Gasteiger partial charge in [-0.1, -0.05) is 35.9 Å². The molecule has 1 unspecified atom stereocenters. The Hall–Kier alpha value is -3.12. The zero-order valence-corrected chi connectivity index (χ0v) is 16.0. The summed E-state index contributed by atoms with van der Waals surface area (Å²) in [5.74, 6) is -3.06. The van der Waals surface area contributed by atoms with Gasteiger partial charge in [0.2, 0.25) is 0 Å². The summed E-state index contributed by atoms with van der Waals surface area (Å²) in [7, 11) is 0. The van der Waals surface area contributed by atoms with Gasteiger partial charge in [-0.05, 0) is 35.9 Å². The second-order valence-corrected chi connectivity index (χ2v) is 7.23. The number of rotatable bonds is 4. The summed E-state index contributed by atoms with van der Waals surface area (Å²) in [5, 5.41) is 9.12. The van der Waals surface area contributed by atoms with Crippen LogP contribution in [0.1, 0.15) is 18.1 Å². The molecule has 4 nitrogen and oxygen atoms in total. The van der Waals surface area contributed by atoms with Crippen LogP contribution in [0.2, 0.25) is 5.02 Å². The molecule has 1 atom stereocenters. The fourth-order valence-electron chi connectivity index (χ4n) is 3.37. The second-order valence-electron chi connectivity index (χ2n) is 6.79. The zero-order valence-electron chi connectivity index (χ0n) is 15.2. The average Bonchev–Trinajstić information content (AvgIpc) is 2.98. The van der Waals surface area contributed by atoms with Gasteiger partial charge >= 0.3 is 5.97 Å². The number of carbonyl (C=O) groups is 1. The Balaban J connectivity index is 1.74. The molecule has 1 heterocycles. The number of benzene rings is 3. The molecule has 3 aromatic carbocycles. The summed E-state index contributed by atoms with van der Waals surface area (Å²) in [6.45, 7) is 1.56. The summed E-state index contributed by atoms with van der Waals surface area (Å²) >= 11 is 5.83. The van der Waals surface area contributed by atoms with Crippen molar-refractivity contribution in [3.05, 3.63) is 82.4 Å². The normalized spacial score (nSPS) is 17.4. The SMILES string of the molecule is CC1(c2ccc(Cl)cc2F)Oc2cccc(-c3ccc(CC(=O)O)cc3F)c2O1. The number of carboxylic acids is 1. The summed E-state index contributed by atoms with van der Waals surface area (Å²) < 4.78 is 41.0. The Bertz CT molecular complexity index is 1130. The molecule has 4 rings (SSSR count). The first-order valence-electron chi connectivity index (χ1n) is 8.74.